The van der Waals surface area contributed by atoms with E-state index in [1.807, 2.05) is 12.2 Å². The second-order valence-corrected chi connectivity index (χ2v) is 3.03. The maximum absolute atomic E-state index is 5.00. The van der Waals surface area contributed by atoms with Crippen LogP contribution in [0.5, 0.6) is 0 Å². The number of unbranched alkanes of at least 4 members (excludes halogenated alkanes) is 1. The van der Waals surface area contributed by atoms with Crippen LogP contribution in [0.1, 0.15) is 26.7 Å². The molecule has 0 spiro atoms. The lowest BCUT2D eigenvalue weighted by Crippen LogP contribution is -2.25. The van der Waals surface area contributed by atoms with Gasteiger partial charge in [0.25, 0.3) is 0 Å². The molecule has 0 aromatic rings. The lowest BCUT2D eigenvalue weighted by molar-refractivity contribution is 0.277. The van der Waals surface area contributed by atoms with Gasteiger partial charge in [0, 0.05) is 13.1 Å². The fourth-order valence-electron chi connectivity index (χ4n) is 1.27. The molecule has 0 unspecified atom stereocenters. The van der Waals surface area contributed by atoms with E-state index in [0.29, 0.717) is 0 Å². The molecule has 0 aromatic carbocycles. The molecule has 2 heteroatoms. The van der Waals surface area contributed by atoms with Crippen molar-refractivity contribution in [2.45, 2.75) is 26.7 Å². The first-order valence-corrected chi connectivity index (χ1v) is 4.92. The Hall–Kier alpha value is -0.920. The number of ether oxygens (including phenoxy) is 1. The van der Waals surface area contributed by atoms with Gasteiger partial charge in [-0.15, -0.1) is 0 Å². The van der Waals surface area contributed by atoms with Crippen LogP contribution < -0.4 is 0 Å². The zero-order valence-corrected chi connectivity index (χ0v) is 8.42. The van der Waals surface area contributed by atoms with E-state index >= 15 is 0 Å². The third kappa shape index (κ3) is 3.13. The molecule has 0 bridgehead atoms. The summed E-state index contributed by atoms with van der Waals surface area (Å²) in [5.41, 5.74) is 1.05. The molecule has 0 atom stereocenters. The van der Waals surface area contributed by atoms with Crippen LogP contribution in [0.4, 0.5) is 0 Å². The van der Waals surface area contributed by atoms with Gasteiger partial charge in [0.05, 0.1) is 12.0 Å². The highest BCUT2D eigenvalue weighted by Crippen LogP contribution is 2.13. The zero-order chi connectivity index (χ0) is 9.52. The Bertz CT molecular complexity index is 196. The predicted molar refractivity (Wildman–Crippen MR) is 53.7 cm³/mol. The number of nitrogens with zero attached hydrogens (tertiary/aromatic N) is 1. The molecule has 0 saturated heterocycles. The molecule has 13 heavy (non-hydrogen) atoms. The van der Waals surface area contributed by atoms with E-state index in [0.717, 1.165) is 18.8 Å². The Morgan fingerprint density at radius 1 is 1.46 bits per heavy atom. The lowest BCUT2D eigenvalue weighted by Gasteiger charge is -2.25. The molecule has 0 amide bonds. The minimum atomic E-state index is 1.01. The molecule has 2 radical (unpaired) electrons. The Morgan fingerprint density at radius 3 is 2.85 bits per heavy atom. The third-order valence-electron chi connectivity index (χ3n) is 2.07. The van der Waals surface area contributed by atoms with Gasteiger partial charge in [-0.25, -0.2) is 0 Å². The van der Waals surface area contributed by atoms with E-state index in [1.54, 1.807) is 6.26 Å². The summed E-state index contributed by atoms with van der Waals surface area (Å²) >= 11 is 0. The van der Waals surface area contributed by atoms with Gasteiger partial charge in [0.2, 0.25) is 6.61 Å². The maximum atomic E-state index is 5.00. The second kappa shape index (κ2) is 5.68. The highest BCUT2D eigenvalue weighted by molar-refractivity contribution is 5.19. The summed E-state index contributed by atoms with van der Waals surface area (Å²) in [4.78, 5) is 2.27. The van der Waals surface area contributed by atoms with Gasteiger partial charge >= 0.3 is 0 Å². The molecular weight excluding hydrogens is 162 g/mol. The summed E-state index contributed by atoms with van der Waals surface area (Å²) in [6.07, 6.45) is 8.01. The van der Waals surface area contributed by atoms with Crippen molar-refractivity contribution in [3.05, 3.63) is 30.7 Å². The molecule has 1 aliphatic rings. The Labute approximate surface area is 80.9 Å². The molecular formula is C11H17NO. The molecule has 0 saturated carbocycles. The minimum absolute atomic E-state index is 1.01. The van der Waals surface area contributed by atoms with E-state index < -0.39 is 0 Å². The van der Waals surface area contributed by atoms with Crippen LogP contribution in [-0.2, 0) is 4.74 Å². The molecule has 1 rings (SSSR count). The fourth-order valence-corrected chi connectivity index (χ4v) is 1.27. The smallest absolute Gasteiger partial charge is 0.246 e. The molecule has 0 fully saturated rings. The van der Waals surface area contributed by atoms with E-state index in [2.05, 4.69) is 25.4 Å². The Kier molecular flexibility index (Phi) is 4.44. The monoisotopic (exact) mass is 179 g/mol. The number of likely N-dealkylation sites (N-methyl/N-ethyl adjacent to an activating group) is 1. The average molecular weight is 179 g/mol. The lowest BCUT2D eigenvalue weighted by atomic mass is 10.2. The van der Waals surface area contributed by atoms with Crippen molar-refractivity contribution in [2.75, 3.05) is 13.1 Å². The van der Waals surface area contributed by atoms with Crippen LogP contribution >= 0.6 is 0 Å². The maximum Gasteiger partial charge on any atom is 0.246 e. The Morgan fingerprint density at radius 2 is 2.31 bits per heavy atom. The van der Waals surface area contributed by atoms with Gasteiger partial charge in [0.1, 0.15) is 0 Å². The van der Waals surface area contributed by atoms with Crippen LogP contribution in [-0.4, -0.2) is 18.0 Å². The van der Waals surface area contributed by atoms with Crippen molar-refractivity contribution < 1.29 is 4.74 Å². The quantitative estimate of drug-likeness (QED) is 0.643. The van der Waals surface area contributed by atoms with Crippen molar-refractivity contribution in [1.82, 2.24) is 4.90 Å². The van der Waals surface area contributed by atoms with Crippen LogP contribution in [0.3, 0.4) is 0 Å². The molecule has 0 aliphatic carbocycles. The number of hydrogen-bond acceptors (Lipinski definition) is 2. The number of hydrogen-bond donors (Lipinski definition) is 0. The van der Waals surface area contributed by atoms with E-state index in [4.69, 9.17) is 4.74 Å². The first kappa shape index (κ1) is 10.2. The normalized spacial score (nSPS) is 15.1. The summed E-state index contributed by atoms with van der Waals surface area (Å²) in [5.74, 6) is 0. The standard InChI is InChI=1S/C11H17NO/c1-3-5-8-12(4-2)11-7-6-9-13-10-11/h6-7,9H,3-5,8H2,1-2H3. The van der Waals surface area contributed by atoms with Crippen molar-refractivity contribution in [3.63, 3.8) is 0 Å². The summed E-state index contributed by atoms with van der Waals surface area (Å²) in [5, 5.41) is 0. The topological polar surface area (TPSA) is 12.5 Å². The molecule has 0 aromatic heterocycles. The average Bonchev–Trinajstić information content (AvgIpc) is 2.21. The zero-order valence-electron chi connectivity index (χ0n) is 8.42. The van der Waals surface area contributed by atoms with Gasteiger partial charge in [-0.05, 0) is 25.5 Å². The van der Waals surface area contributed by atoms with Crippen molar-refractivity contribution in [1.29, 1.82) is 0 Å². The fraction of sp³-hybridized carbons (Fsp3) is 0.545. The van der Waals surface area contributed by atoms with Crippen LogP contribution in [0, 0.1) is 6.61 Å². The number of allylic oxidation sites excluding steroid dienone is 2. The number of rotatable bonds is 5. The van der Waals surface area contributed by atoms with Gasteiger partial charge in [0.15, 0.2) is 0 Å². The highest BCUT2D eigenvalue weighted by Gasteiger charge is 2.09. The van der Waals surface area contributed by atoms with Gasteiger partial charge in [-0.2, -0.15) is 0 Å². The van der Waals surface area contributed by atoms with E-state index in [1.165, 1.54) is 12.8 Å². The highest BCUT2D eigenvalue weighted by atomic mass is 16.5. The third-order valence-corrected chi connectivity index (χ3v) is 2.07. The van der Waals surface area contributed by atoms with E-state index in [-0.39, 0.29) is 0 Å². The SMILES string of the molecule is CCCCN(CC)C1=CC=CO[C]1. The Balaban J connectivity index is 2.44. The first-order valence-electron chi connectivity index (χ1n) is 4.92. The molecule has 0 N–H and O–H groups in total. The molecule has 72 valence electrons. The van der Waals surface area contributed by atoms with Crippen LogP contribution in [0.25, 0.3) is 0 Å². The van der Waals surface area contributed by atoms with Crippen molar-refractivity contribution >= 4 is 0 Å². The van der Waals surface area contributed by atoms with Crippen LogP contribution in [0.2, 0.25) is 0 Å². The van der Waals surface area contributed by atoms with Crippen molar-refractivity contribution in [2.24, 2.45) is 0 Å². The van der Waals surface area contributed by atoms with Gasteiger partial charge in [-0.3, -0.25) is 0 Å². The second-order valence-electron chi connectivity index (χ2n) is 3.03. The summed E-state index contributed by atoms with van der Waals surface area (Å²) in [7, 11) is 0. The molecule has 1 aliphatic heterocycles. The molecule has 2 nitrogen and oxygen atoms in total. The van der Waals surface area contributed by atoms with Gasteiger partial charge in [-0.1, -0.05) is 13.3 Å². The van der Waals surface area contributed by atoms with Crippen LogP contribution in [0.15, 0.2) is 24.1 Å². The summed E-state index contributed by atoms with van der Waals surface area (Å²) < 4.78 is 5.00. The first-order chi connectivity index (χ1) is 6.38. The summed E-state index contributed by atoms with van der Waals surface area (Å²) in [6, 6.07) is 0. The largest absolute Gasteiger partial charge is 0.479 e. The van der Waals surface area contributed by atoms with E-state index in [9.17, 15) is 0 Å². The van der Waals surface area contributed by atoms with Gasteiger partial charge < -0.3 is 9.64 Å². The molecule has 1 heterocycles. The van der Waals surface area contributed by atoms with Crippen molar-refractivity contribution in [3.8, 4) is 0 Å². The minimum Gasteiger partial charge on any atom is -0.479 e. The summed E-state index contributed by atoms with van der Waals surface area (Å²) in [6.45, 7) is 9.33. The predicted octanol–water partition coefficient (Wildman–Crippen LogP) is 2.57.